The number of pyridine rings is 1. The smallest absolute Gasteiger partial charge is 0.410 e. The van der Waals surface area contributed by atoms with E-state index in [9.17, 15) is 4.79 Å². The number of likely N-dealkylation sites (tertiary alicyclic amines) is 1. The van der Waals surface area contributed by atoms with E-state index < -0.39 is 13.7 Å². The SMILES string of the molecule is CC(C)(C)OC(=O)N1CCC[C@@H](Oc2ccnc3c2c(-c2ccncn2)cn3COCC[Si](C)(C)C)C1. The van der Waals surface area contributed by atoms with Gasteiger partial charge < -0.3 is 23.7 Å². The summed E-state index contributed by atoms with van der Waals surface area (Å²) in [6.07, 6.45) is 8.30. The molecule has 9 nitrogen and oxygen atoms in total. The van der Waals surface area contributed by atoms with E-state index in [-0.39, 0.29) is 12.2 Å². The summed E-state index contributed by atoms with van der Waals surface area (Å²) in [4.78, 5) is 27.6. The van der Waals surface area contributed by atoms with Gasteiger partial charge in [-0.2, -0.15) is 0 Å². The van der Waals surface area contributed by atoms with E-state index in [4.69, 9.17) is 14.2 Å². The molecule has 37 heavy (non-hydrogen) atoms. The Morgan fingerprint density at radius 1 is 1.16 bits per heavy atom. The lowest BCUT2D eigenvalue weighted by molar-refractivity contribution is 0.00793. The van der Waals surface area contributed by atoms with Gasteiger partial charge in [-0.1, -0.05) is 19.6 Å². The Morgan fingerprint density at radius 3 is 2.68 bits per heavy atom. The third kappa shape index (κ3) is 7.29. The van der Waals surface area contributed by atoms with Crippen molar-refractivity contribution in [2.75, 3.05) is 19.7 Å². The van der Waals surface area contributed by atoms with E-state index in [0.29, 0.717) is 19.8 Å². The zero-order valence-corrected chi connectivity index (χ0v) is 23.9. The van der Waals surface area contributed by atoms with Crippen LogP contribution in [0.4, 0.5) is 4.79 Å². The van der Waals surface area contributed by atoms with Crippen LogP contribution in [0.5, 0.6) is 5.75 Å². The molecular formula is C27H39N5O4Si. The molecule has 0 saturated carbocycles. The molecule has 1 atom stereocenters. The molecule has 1 amide bonds. The minimum Gasteiger partial charge on any atom is -0.488 e. The molecule has 1 aliphatic rings. The molecule has 3 aromatic heterocycles. The molecule has 0 radical (unpaired) electrons. The maximum Gasteiger partial charge on any atom is 0.410 e. The molecule has 0 bridgehead atoms. The first kappa shape index (κ1) is 27.1. The van der Waals surface area contributed by atoms with Gasteiger partial charge in [0.15, 0.2) is 0 Å². The van der Waals surface area contributed by atoms with E-state index in [0.717, 1.165) is 53.5 Å². The zero-order chi connectivity index (χ0) is 26.6. The second-order valence-corrected chi connectivity index (χ2v) is 17.4. The van der Waals surface area contributed by atoms with Crippen molar-refractivity contribution >= 4 is 25.2 Å². The Labute approximate surface area is 220 Å². The van der Waals surface area contributed by atoms with Gasteiger partial charge in [-0.05, 0) is 51.8 Å². The summed E-state index contributed by atoms with van der Waals surface area (Å²) in [5.74, 6) is 0.718. The predicted octanol–water partition coefficient (Wildman–Crippen LogP) is 5.58. The number of carbonyl (C=O) groups excluding carboxylic acids is 1. The average molecular weight is 526 g/mol. The third-order valence-corrected chi connectivity index (χ3v) is 7.83. The molecule has 3 aromatic rings. The van der Waals surface area contributed by atoms with Gasteiger partial charge in [0.05, 0.1) is 17.6 Å². The van der Waals surface area contributed by atoms with Crippen molar-refractivity contribution in [1.82, 2.24) is 24.4 Å². The van der Waals surface area contributed by atoms with Gasteiger partial charge in [0.1, 0.15) is 36.2 Å². The summed E-state index contributed by atoms with van der Waals surface area (Å²) in [6, 6.07) is 4.87. The Bertz CT molecular complexity index is 1200. The van der Waals surface area contributed by atoms with Crippen LogP contribution in [-0.2, 0) is 16.2 Å². The maximum absolute atomic E-state index is 12.7. The van der Waals surface area contributed by atoms with Crippen LogP contribution in [0.2, 0.25) is 25.7 Å². The first-order valence-corrected chi connectivity index (χ1v) is 16.7. The van der Waals surface area contributed by atoms with Gasteiger partial charge >= 0.3 is 6.09 Å². The highest BCUT2D eigenvalue weighted by atomic mass is 28.3. The fourth-order valence-corrected chi connectivity index (χ4v) is 5.03. The Morgan fingerprint density at radius 2 is 1.97 bits per heavy atom. The highest BCUT2D eigenvalue weighted by molar-refractivity contribution is 6.76. The van der Waals surface area contributed by atoms with Crippen LogP contribution in [0.25, 0.3) is 22.3 Å². The fraction of sp³-hybridized carbons (Fsp3) is 0.556. The monoisotopic (exact) mass is 525 g/mol. The second kappa shape index (κ2) is 11.2. The molecule has 4 heterocycles. The van der Waals surface area contributed by atoms with Gasteiger partial charge in [0.25, 0.3) is 0 Å². The molecular weight excluding hydrogens is 486 g/mol. The van der Waals surface area contributed by atoms with E-state index >= 15 is 0 Å². The highest BCUT2D eigenvalue weighted by Gasteiger charge is 2.29. The molecule has 1 aliphatic heterocycles. The van der Waals surface area contributed by atoms with E-state index in [1.54, 1.807) is 23.6 Å². The van der Waals surface area contributed by atoms with Crippen LogP contribution in [0, 0.1) is 0 Å². The standard InChI is InChI=1S/C27H39N5O4Si/c1-27(2,3)36-26(33)31-13-7-8-20(16-31)35-23-10-12-29-25-24(23)21(22-9-11-28-18-30-22)17-32(25)19-34-14-15-37(4,5)6/h9-12,17-18,20H,7-8,13-16,19H2,1-6H3/t20-/m1/s1. The first-order chi connectivity index (χ1) is 17.5. The van der Waals surface area contributed by atoms with Crippen molar-refractivity contribution in [3.05, 3.63) is 37.1 Å². The molecule has 0 aliphatic carbocycles. The van der Waals surface area contributed by atoms with Gasteiger partial charge in [-0.3, -0.25) is 0 Å². The Kier molecular flexibility index (Phi) is 8.18. The Hall–Kier alpha value is -2.98. The van der Waals surface area contributed by atoms with Crippen molar-refractivity contribution in [3.8, 4) is 17.0 Å². The topological polar surface area (TPSA) is 91.6 Å². The van der Waals surface area contributed by atoms with Crippen molar-refractivity contribution in [3.63, 3.8) is 0 Å². The number of hydrogen-bond acceptors (Lipinski definition) is 7. The molecule has 0 spiro atoms. The van der Waals surface area contributed by atoms with Crippen LogP contribution in [-0.4, -0.2) is 70.0 Å². The first-order valence-electron chi connectivity index (χ1n) is 13.0. The van der Waals surface area contributed by atoms with Crippen LogP contribution in [0.1, 0.15) is 33.6 Å². The molecule has 0 unspecified atom stereocenters. The maximum atomic E-state index is 12.7. The number of piperidine rings is 1. The number of fused-ring (bicyclic) bond motifs is 1. The van der Waals surface area contributed by atoms with E-state index in [1.165, 1.54) is 0 Å². The van der Waals surface area contributed by atoms with Gasteiger partial charge in [-0.25, -0.2) is 19.7 Å². The van der Waals surface area contributed by atoms with Crippen LogP contribution >= 0.6 is 0 Å². The van der Waals surface area contributed by atoms with Crippen molar-refractivity contribution < 1.29 is 19.0 Å². The zero-order valence-electron chi connectivity index (χ0n) is 22.9. The van der Waals surface area contributed by atoms with Crippen molar-refractivity contribution in [2.24, 2.45) is 0 Å². The molecule has 10 heteroatoms. The quantitative estimate of drug-likeness (QED) is 0.280. The summed E-state index contributed by atoms with van der Waals surface area (Å²) in [6.45, 7) is 14.9. The average Bonchev–Trinajstić information content (AvgIpc) is 3.21. The number of ether oxygens (including phenoxy) is 3. The lowest BCUT2D eigenvalue weighted by Gasteiger charge is -2.34. The number of carbonyl (C=O) groups is 1. The van der Waals surface area contributed by atoms with Crippen LogP contribution in [0.15, 0.2) is 37.1 Å². The lowest BCUT2D eigenvalue weighted by atomic mass is 10.1. The minimum atomic E-state index is -1.18. The van der Waals surface area contributed by atoms with Gasteiger partial charge in [0, 0.05) is 45.4 Å². The summed E-state index contributed by atoms with van der Waals surface area (Å²) in [5, 5.41) is 0.879. The Balaban J connectivity index is 1.59. The molecule has 0 aromatic carbocycles. The summed E-state index contributed by atoms with van der Waals surface area (Å²) < 4.78 is 20.2. The molecule has 1 saturated heterocycles. The summed E-state index contributed by atoms with van der Waals surface area (Å²) >= 11 is 0. The largest absolute Gasteiger partial charge is 0.488 e. The second-order valence-electron chi connectivity index (χ2n) is 11.8. The minimum absolute atomic E-state index is 0.151. The molecule has 200 valence electrons. The van der Waals surface area contributed by atoms with Gasteiger partial charge in [0.2, 0.25) is 0 Å². The van der Waals surface area contributed by atoms with Crippen molar-refractivity contribution in [1.29, 1.82) is 0 Å². The number of hydrogen-bond donors (Lipinski definition) is 0. The molecule has 4 rings (SSSR count). The van der Waals surface area contributed by atoms with Crippen molar-refractivity contribution in [2.45, 2.75) is 77.7 Å². The fourth-order valence-electron chi connectivity index (χ4n) is 4.27. The molecule has 1 fully saturated rings. The molecule has 0 N–H and O–H groups in total. The summed E-state index contributed by atoms with van der Waals surface area (Å²) in [5.41, 5.74) is 1.94. The predicted molar refractivity (Wildman–Crippen MR) is 146 cm³/mol. The summed E-state index contributed by atoms with van der Waals surface area (Å²) in [7, 11) is -1.18. The van der Waals surface area contributed by atoms with Gasteiger partial charge in [-0.15, -0.1) is 0 Å². The van der Waals surface area contributed by atoms with E-state index in [1.807, 2.05) is 43.7 Å². The third-order valence-electron chi connectivity index (χ3n) is 6.13. The van der Waals surface area contributed by atoms with Crippen LogP contribution in [0.3, 0.4) is 0 Å². The highest BCUT2D eigenvalue weighted by Crippen LogP contribution is 2.36. The van der Waals surface area contributed by atoms with Crippen LogP contribution < -0.4 is 4.74 Å². The number of aromatic nitrogens is 4. The number of rotatable bonds is 8. The normalized spacial score (nSPS) is 16.7. The van der Waals surface area contributed by atoms with E-state index in [2.05, 4.69) is 34.6 Å². The lowest BCUT2D eigenvalue weighted by Crippen LogP contribution is -2.46. The number of amides is 1. The number of nitrogens with zero attached hydrogens (tertiary/aromatic N) is 5.